The van der Waals surface area contributed by atoms with Crippen molar-refractivity contribution in [3.63, 3.8) is 0 Å². The molecular formula is C13H29IN4O2S. The van der Waals surface area contributed by atoms with Crippen LogP contribution in [0.25, 0.3) is 0 Å². The fraction of sp³-hybridized carbons (Fsp3) is 0.846. The largest absolute Gasteiger partial charge is 0.382 e. The highest BCUT2D eigenvalue weighted by Gasteiger charge is 2.04. The number of guanidine groups is 1. The first kappa shape index (κ1) is 23.1. The zero-order valence-corrected chi connectivity index (χ0v) is 16.6. The minimum absolute atomic E-state index is 0. The average molecular weight is 432 g/mol. The van der Waals surface area contributed by atoms with Gasteiger partial charge in [0.25, 0.3) is 0 Å². The normalized spacial score (nSPS) is 10.8. The number of halogens is 1. The Labute approximate surface area is 149 Å². The van der Waals surface area contributed by atoms with Crippen LogP contribution in [0.15, 0.2) is 4.99 Å². The van der Waals surface area contributed by atoms with E-state index in [1.54, 1.807) is 25.9 Å². The van der Waals surface area contributed by atoms with Gasteiger partial charge in [0, 0.05) is 46.2 Å². The first-order chi connectivity index (χ1) is 9.61. The van der Waals surface area contributed by atoms with E-state index in [0.717, 1.165) is 38.5 Å². The molecule has 0 fully saturated rings. The lowest BCUT2D eigenvalue weighted by molar-refractivity contribution is -0.127. The average Bonchev–Trinajstić information content (AvgIpc) is 2.43. The van der Waals surface area contributed by atoms with Crippen molar-refractivity contribution >= 4 is 47.6 Å². The molecule has 2 N–H and O–H groups in total. The maximum atomic E-state index is 11.5. The Bertz CT molecular complexity index is 291. The summed E-state index contributed by atoms with van der Waals surface area (Å²) in [5.41, 5.74) is 0. The van der Waals surface area contributed by atoms with Gasteiger partial charge in [-0.15, -0.1) is 24.0 Å². The van der Waals surface area contributed by atoms with E-state index in [2.05, 4.69) is 21.9 Å². The molecule has 0 radical (unpaired) electrons. The SMILES string of the molecule is CCOCCCNC(=NCC(=O)N(C)C)NCCSC.I. The number of nitrogens with zero attached hydrogens (tertiary/aromatic N) is 2. The van der Waals surface area contributed by atoms with Crippen LogP contribution in [0.1, 0.15) is 13.3 Å². The summed E-state index contributed by atoms with van der Waals surface area (Å²) in [5.74, 6) is 1.68. The number of nitrogens with one attached hydrogen (secondary N) is 2. The summed E-state index contributed by atoms with van der Waals surface area (Å²) in [4.78, 5) is 17.4. The maximum Gasteiger partial charge on any atom is 0.243 e. The van der Waals surface area contributed by atoms with Crippen LogP contribution in [-0.2, 0) is 9.53 Å². The van der Waals surface area contributed by atoms with Crippen molar-refractivity contribution in [1.82, 2.24) is 15.5 Å². The van der Waals surface area contributed by atoms with Crippen LogP contribution in [0.5, 0.6) is 0 Å². The number of likely N-dealkylation sites (N-methyl/N-ethyl adjacent to an activating group) is 1. The van der Waals surface area contributed by atoms with Gasteiger partial charge in [0.15, 0.2) is 5.96 Å². The quantitative estimate of drug-likeness (QED) is 0.234. The van der Waals surface area contributed by atoms with E-state index in [1.807, 2.05) is 6.92 Å². The second kappa shape index (κ2) is 16.2. The fourth-order valence-corrected chi connectivity index (χ4v) is 1.57. The van der Waals surface area contributed by atoms with Gasteiger partial charge in [-0.1, -0.05) is 0 Å². The Hall–Kier alpha value is -0.220. The molecule has 0 saturated carbocycles. The Morgan fingerprint density at radius 1 is 1.29 bits per heavy atom. The van der Waals surface area contributed by atoms with Gasteiger partial charge in [-0.2, -0.15) is 11.8 Å². The first-order valence-electron chi connectivity index (χ1n) is 6.90. The topological polar surface area (TPSA) is 66.0 Å². The number of hydrogen-bond acceptors (Lipinski definition) is 4. The van der Waals surface area contributed by atoms with Crippen molar-refractivity contribution in [3.8, 4) is 0 Å². The molecule has 0 spiro atoms. The number of thioether (sulfide) groups is 1. The van der Waals surface area contributed by atoms with Gasteiger partial charge in [0.2, 0.25) is 5.91 Å². The highest BCUT2D eigenvalue weighted by molar-refractivity contribution is 14.0. The highest BCUT2D eigenvalue weighted by Crippen LogP contribution is 1.88. The molecule has 126 valence electrons. The maximum absolute atomic E-state index is 11.5. The summed E-state index contributed by atoms with van der Waals surface area (Å²) in [6.45, 7) is 5.22. The molecule has 8 heteroatoms. The Balaban J connectivity index is 0. The van der Waals surface area contributed by atoms with E-state index in [4.69, 9.17) is 4.74 Å². The van der Waals surface area contributed by atoms with E-state index in [1.165, 1.54) is 4.90 Å². The molecule has 1 amide bonds. The van der Waals surface area contributed by atoms with Crippen LogP contribution in [0.3, 0.4) is 0 Å². The number of rotatable bonds is 10. The van der Waals surface area contributed by atoms with Gasteiger partial charge < -0.3 is 20.3 Å². The summed E-state index contributed by atoms with van der Waals surface area (Å²) in [6, 6.07) is 0. The van der Waals surface area contributed by atoms with Crippen molar-refractivity contribution < 1.29 is 9.53 Å². The van der Waals surface area contributed by atoms with Crippen molar-refractivity contribution in [2.75, 3.05) is 59.0 Å². The molecular weight excluding hydrogens is 403 g/mol. The first-order valence-corrected chi connectivity index (χ1v) is 8.30. The smallest absolute Gasteiger partial charge is 0.243 e. The minimum atomic E-state index is -0.00900. The summed E-state index contributed by atoms with van der Waals surface area (Å²) in [6.07, 6.45) is 2.97. The van der Waals surface area contributed by atoms with E-state index >= 15 is 0 Å². The van der Waals surface area contributed by atoms with E-state index in [0.29, 0.717) is 5.96 Å². The van der Waals surface area contributed by atoms with Crippen molar-refractivity contribution in [3.05, 3.63) is 0 Å². The second-order valence-corrected chi connectivity index (χ2v) is 5.34. The number of hydrogen-bond donors (Lipinski definition) is 2. The summed E-state index contributed by atoms with van der Waals surface area (Å²) in [5, 5.41) is 6.42. The Kier molecular flexibility index (Phi) is 17.7. The molecule has 0 atom stereocenters. The number of ether oxygens (including phenoxy) is 1. The van der Waals surface area contributed by atoms with Gasteiger partial charge >= 0.3 is 0 Å². The summed E-state index contributed by atoms with van der Waals surface area (Å²) < 4.78 is 5.28. The molecule has 0 aliphatic carbocycles. The molecule has 0 aromatic rings. The fourth-order valence-electron chi connectivity index (χ4n) is 1.26. The Morgan fingerprint density at radius 3 is 2.52 bits per heavy atom. The number of carbonyl (C=O) groups is 1. The molecule has 21 heavy (non-hydrogen) atoms. The summed E-state index contributed by atoms with van der Waals surface area (Å²) in [7, 11) is 3.46. The number of carbonyl (C=O) groups excluding carboxylic acids is 1. The van der Waals surface area contributed by atoms with Crippen molar-refractivity contribution in [1.29, 1.82) is 0 Å². The number of aliphatic imine (C=N–C) groups is 1. The van der Waals surface area contributed by atoms with Crippen LogP contribution in [0.4, 0.5) is 0 Å². The lowest BCUT2D eigenvalue weighted by Crippen LogP contribution is -2.40. The Morgan fingerprint density at radius 2 is 1.95 bits per heavy atom. The highest BCUT2D eigenvalue weighted by atomic mass is 127. The van der Waals surface area contributed by atoms with Crippen LogP contribution in [0, 0.1) is 0 Å². The lowest BCUT2D eigenvalue weighted by atomic mass is 10.4. The predicted molar refractivity (Wildman–Crippen MR) is 102 cm³/mol. The zero-order valence-electron chi connectivity index (χ0n) is 13.5. The van der Waals surface area contributed by atoms with Crippen molar-refractivity contribution in [2.24, 2.45) is 4.99 Å². The van der Waals surface area contributed by atoms with E-state index < -0.39 is 0 Å². The molecule has 0 aliphatic rings. The monoisotopic (exact) mass is 432 g/mol. The standard InChI is InChI=1S/C13H28N4O2S.HI/c1-5-19-9-6-7-14-13(15-8-10-20-4)16-11-12(18)17(2)3;/h5-11H2,1-4H3,(H2,14,15,16);1H. The third kappa shape index (κ3) is 14.5. The third-order valence-electron chi connectivity index (χ3n) is 2.43. The molecule has 0 unspecified atom stereocenters. The van der Waals surface area contributed by atoms with Crippen LogP contribution in [0.2, 0.25) is 0 Å². The molecule has 0 saturated heterocycles. The van der Waals surface area contributed by atoms with Crippen LogP contribution >= 0.6 is 35.7 Å². The van der Waals surface area contributed by atoms with Gasteiger partial charge in [-0.25, -0.2) is 4.99 Å². The third-order valence-corrected chi connectivity index (χ3v) is 3.04. The van der Waals surface area contributed by atoms with Crippen LogP contribution in [-0.4, -0.2) is 75.7 Å². The molecule has 0 bridgehead atoms. The lowest BCUT2D eigenvalue weighted by Gasteiger charge is -2.13. The molecule has 0 rings (SSSR count). The number of amides is 1. The van der Waals surface area contributed by atoms with E-state index in [9.17, 15) is 4.79 Å². The molecule has 0 heterocycles. The van der Waals surface area contributed by atoms with Gasteiger partial charge in [0.05, 0.1) is 0 Å². The van der Waals surface area contributed by atoms with Crippen LogP contribution < -0.4 is 10.6 Å². The molecule has 0 aromatic carbocycles. The van der Waals surface area contributed by atoms with E-state index in [-0.39, 0.29) is 36.4 Å². The molecule has 0 aliphatic heterocycles. The predicted octanol–water partition coefficient (Wildman–Crippen LogP) is 1.02. The van der Waals surface area contributed by atoms with Crippen molar-refractivity contribution in [2.45, 2.75) is 13.3 Å². The van der Waals surface area contributed by atoms with Gasteiger partial charge in [-0.3, -0.25) is 4.79 Å². The van der Waals surface area contributed by atoms with Gasteiger partial charge in [0.1, 0.15) is 6.54 Å². The summed E-state index contributed by atoms with van der Waals surface area (Å²) >= 11 is 1.77. The van der Waals surface area contributed by atoms with Gasteiger partial charge in [-0.05, 0) is 19.6 Å². The molecule has 6 nitrogen and oxygen atoms in total. The second-order valence-electron chi connectivity index (χ2n) is 4.35. The minimum Gasteiger partial charge on any atom is -0.382 e. The zero-order chi connectivity index (χ0) is 15.2. The molecule has 0 aromatic heterocycles.